The molecule has 10 heavy (non-hydrogen) atoms. The Bertz CT molecular complexity index is 23.9. The molecule has 0 rings (SSSR count). The van der Waals surface area contributed by atoms with Gasteiger partial charge in [-0.15, -0.1) is 13.2 Å². The van der Waals surface area contributed by atoms with Crippen molar-refractivity contribution in [3.8, 4) is 0 Å². The Labute approximate surface area is 66.5 Å². The van der Waals surface area contributed by atoms with Gasteiger partial charge >= 0.3 is 0 Å². The highest BCUT2D eigenvalue weighted by Gasteiger charge is 1.71. The van der Waals surface area contributed by atoms with Gasteiger partial charge in [-0.2, -0.15) is 0 Å². The van der Waals surface area contributed by atoms with Crippen LogP contribution in [0.25, 0.3) is 0 Å². The highest BCUT2D eigenvalue weighted by atomic mass is 14.8. The summed E-state index contributed by atoms with van der Waals surface area (Å²) < 4.78 is 0. The second-order valence-corrected chi connectivity index (χ2v) is 1.35. The summed E-state index contributed by atoms with van der Waals surface area (Å²) in [5.41, 5.74) is 0. The van der Waals surface area contributed by atoms with E-state index in [1.165, 1.54) is 6.42 Å². The van der Waals surface area contributed by atoms with Gasteiger partial charge in [0.2, 0.25) is 0 Å². The molecule has 0 heterocycles. The van der Waals surface area contributed by atoms with Crippen molar-refractivity contribution in [3.05, 3.63) is 13.2 Å². The van der Waals surface area contributed by atoms with E-state index in [-0.39, 0.29) is 0 Å². The first-order chi connectivity index (χ1) is 4.91. The summed E-state index contributed by atoms with van der Waals surface area (Å²) in [6, 6.07) is 0. The predicted octanol–water partition coefficient (Wildman–Crippen LogP) is 2.83. The van der Waals surface area contributed by atoms with Crippen molar-refractivity contribution in [2.24, 2.45) is 0 Å². The summed E-state index contributed by atoms with van der Waals surface area (Å²) in [7, 11) is 0. The van der Waals surface area contributed by atoms with E-state index in [0.29, 0.717) is 0 Å². The van der Waals surface area contributed by atoms with Gasteiger partial charge in [-0.1, -0.05) is 27.7 Å². The molecule has 1 heteroatoms. The van der Waals surface area contributed by atoms with Crippen LogP contribution >= 0.6 is 0 Å². The van der Waals surface area contributed by atoms with Crippen LogP contribution < -0.4 is 5.32 Å². The quantitative estimate of drug-likeness (QED) is 0.475. The lowest BCUT2D eigenvalue weighted by Crippen LogP contribution is -2.12. The summed E-state index contributed by atoms with van der Waals surface area (Å²) in [5, 5.41) is 3.20. The van der Waals surface area contributed by atoms with Gasteiger partial charge in [0.05, 0.1) is 0 Å². The minimum Gasteiger partial charge on any atom is -0.317 e. The first-order valence-corrected chi connectivity index (χ1v) is 4.12. The molecular weight excluding hydrogens is 122 g/mol. The normalized spacial score (nSPS) is 6.40. The lowest BCUT2D eigenvalue weighted by molar-refractivity contribution is 0.703. The highest BCUT2D eigenvalue weighted by molar-refractivity contribution is 4.35. The molecule has 0 saturated heterocycles. The van der Waals surface area contributed by atoms with E-state index >= 15 is 0 Å². The first kappa shape index (κ1) is 16.4. The predicted molar refractivity (Wildman–Crippen MR) is 51.4 cm³/mol. The van der Waals surface area contributed by atoms with Gasteiger partial charge in [0.1, 0.15) is 0 Å². The summed E-state index contributed by atoms with van der Waals surface area (Å²) >= 11 is 0. The average molecular weight is 145 g/mol. The number of rotatable bonds is 3. The summed E-state index contributed by atoms with van der Waals surface area (Å²) in [6.45, 7) is 16.6. The summed E-state index contributed by atoms with van der Waals surface area (Å²) in [4.78, 5) is 0. The van der Waals surface area contributed by atoms with Crippen LogP contribution in [0.2, 0.25) is 0 Å². The largest absolute Gasteiger partial charge is 0.317 e. The van der Waals surface area contributed by atoms with E-state index in [9.17, 15) is 0 Å². The zero-order valence-corrected chi connectivity index (χ0v) is 8.04. The van der Waals surface area contributed by atoms with Crippen molar-refractivity contribution in [2.75, 3.05) is 13.1 Å². The van der Waals surface area contributed by atoms with Gasteiger partial charge in [0, 0.05) is 0 Å². The van der Waals surface area contributed by atoms with Crippen LogP contribution in [0.3, 0.4) is 0 Å². The molecule has 0 aliphatic heterocycles. The van der Waals surface area contributed by atoms with Gasteiger partial charge in [-0.05, 0) is 19.5 Å². The Kier molecular flexibility index (Phi) is 61.6. The van der Waals surface area contributed by atoms with E-state index in [2.05, 4.69) is 32.3 Å². The maximum atomic E-state index is 3.20. The third-order valence-electron chi connectivity index (χ3n) is 0.677. The third kappa shape index (κ3) is 47.4. The average Bonchev–Trinajstić information content (AvgIpc) is 2.08. The van der Waals surface area contributed by atoms with Crippen LogP contribution in [-0.4, -0.2) is 13.1 Å². The van der Waals surface area contributed by atoms with Crippen molar-refractivity contribution in [3.63, 3.8) is 0 Å². The van der Waals surface area contributed by atoms with E-state index in [4.69, 9.17) is 0 Å². The first-order valence-electron chi connectivity index (χ1n) is 4.12. The summed E-state index contributed by atoms with van der Waals surface area (Å²) in [6.07, 6.45) is 1.24. The topological polar surface area (TPSA) is 12.0 Å². The van der Waals surface area contributed by atoms with Crippen LogP contribution in [0.4, 0.5) is 0 Å². The van der Waals surface area contributed by atoms with Gasteiger partial charge in [0.25, 0.3) is 0 Å². The molecular formula is C9H23N. The minimum absolute atomic E-state index is 1.10. The molecule has 0 amide bonds. The number of hydrogen-bond acceptors (Lipinski definition) is 1. The number of nitrogens with one attached hydrogen (secondary N) is 1. The lowest BCUT2D eigenvalue weighted by atomic mass is 10.5. The standard InChI is InChI=1S/C5H13N.C2H6.C2H4/c1-3-5-6-4-2;2*1-2/h6H,3-5H2,1-2H3;1-2H3;1-2H2. The second kappa shape index (κ2) is 37.7. The zero-order valence-electron chi connectivity index (χ0n) is 8.04. The van der Waals surface area contributed by atoms with Gasteiger partial charge in [0.15, 0.2) is 0 Å². The molecule has 0 fully saturated rings. The molecule has 0 aromatic rings. The minimum atomic E-state index is 1.10. The van der Waals surface area contributed by atoms with Crippen molar-refractivity contribution in [2.45, 2.75) is 34.1 Å². The molecule has 0 spiro atoms. The lowest BCUT2D eigenvalue weighted by Gasteiger charge is -1.91. The molecule has 0 aliphatic rings. The van der Waals surface area contributed by atoms with Crippen LogP contribution in [0, 0.1) is 0 Å². The molecule has 1 nitrogen and oxygen atoms in total. The molecule has 0 saturated carbocycles. The number of hydrogen-bond donors (Lipinski definition) is 1. The monoisotopic (exact) mass is 145 g/mol. The molecule has 0 aliphatic carbocycles. The fourth-order valence-electron chi connectivity index (χ4n) is 0.354. The Morgan fingerprint density at radius 3 is 1.60 bits per heavy atom. The molecule has 0 radical (unpaired) electrons. The van der Waals surface area contributed by atoms with E-state index < -0.39 is 0 Å². The smallest absolute Gasteiger partial charge is 0.00517 e. The highest BCUT2D eigenvalue weighted by Crippen LogP contribution is 1.65. The fourth-order valence-corrected chi connectivity index (χ4v) is 0.354. The summed E-state index contributed by atoms with van der Waals surface area (Å²) in [5.74, 6) is 0. The SMILES string of the molecule is C=C.CC.CCCNCC. The maximum Gasteiger partial charge on any atom is -0.00517 e. The zero-order chi connectivity index (χ0) is 8.83. The third-order valence-corrected chi connectivity index (χ3v) is 0.677. The molecule has 0 bridgehead atoms. The van der Waals surface area contributed by atoms with Crippen LogP contribution in [0.5, 0.6) is 0 Å². The Balaban J connectivity index is -0.000000105. The molecule has 64 valence electrons. The maximum absolute atomic E-state index is 3.20. The van der Waals surface area contributed by atoms with Gasteiger partial charge < -0.3 is 5.32 Å². The van der Waals surface area contributed by atoms with E-state index in [1.54, 1.807) is 0 Å². The molecule has 0 aromatic heterocycles. The fraction of sp³-hybridized carbons (Fsp3) is 0.778. The van der Waals surface area contributed by atoms with Crippen molar-refractivity contribution in [1.82, 2.24) is 5.32 Å². The van der Waals surface area contributed by atoms with Gasteiger partial charge in [-0.25, -0.2) is 0 Å². The Morgan fingerprint density at radius 2 is 1.50 bits per heavy atom. The Hall–Kier alpha value is -0.300. The van der Waals surface area contributed by atoms with E-state index in [1.807, 2.05) is 13.8 Å². The van der Waals surface area contributed by atoms with Gasteiger partial charge in [-0.3, -0.25) is 0 Å². The van der Waals surface area contributed by atoms with E-state index in [0.717, 1.165) is 13.1 Å². The molecule has 0 aromatic carbocycles. The van der Waals surface area contributed by atoms with Crippen LogP contribution in [0.1, 0.15) is 34.1 Å². The van der Waals surface area contributed by atoms with Crippen LogP contribution in [0.15, 0.2) is 13.2 Å². The Morgan fingerprint density at radius 1 is 1.10 bits per heavy atom. The molecule has 0 atom stereocenters. The van der Waals surface area contributed by atoms with Crippen molar-refractivity contribution >= 4 is 0 Å². The van der Waals surface area contributed by atoms with Crippen LogP contribution in [-0.2, 0) is 0 Å². The molecule has 1 N–H and O–H groups in total. The van der Waals surface area contributed by atoms with Crippen molar-refractivity contribution in [1.29, 1.82) is 0 Å². The molecule has 0 unspecified atom stereocenters. The van der Waals surface area contributed by atoms with Crippen molar-refractivity contribution < 1.29 is 0 Å². The second-order valence-electron chi connectivity index (χ2n) is 1.35.